The topological polar surface area (TPSA) is 29.3 Å². The van der Waals surface area contributed by atoms with Gasteiger partial charge in [0, 0.05) is 22.6 Å². The minimum atomic E-state index is 0.618. The summed E-state index contributed by atoms with van der Waals surface area (Å²) in [7, 11) is 0. The molecule has 0 amide bonds. The van der Waals surface area contributed by atoms with E-state index in [0.29, 0.717) is 5.92 Å². The van der Waals surface area contributed by atoms with Crippen LogP contribution in [0.5, 0.6) is 0 Å². The highest BCUT2D eigenvalue weighted by molar-refractivity contribution is 9.10. The minimum Gasteiger partial charge on any atom is -0.330 e. The van der Waals surface area contributed by atoms with Gasteiger partial charge in [0.25, 0.3) is 0 Å². The fraction of sp³-hybridized carbons (Fsp3) is 0.571. The van der Waals surface area contributed by atoms with Crippen LogP contribution in [0.2, 0.25) is 5.02 Å². The lowest BCUT2D eigenvalue weighted by molar-refractivity contribution is 0.126. The van der Waals surface area contributed by atoms with E-state index in [0.717, 1.165) is 41.6 Å². The Morgan fingerprint density at radius 3 is 2.94 bits per heavy atom. The summed E-state index contributed by atoms with van der Waals surface area (Å²) in [4.78, 5) is 2.46. The Bertz CT molecular complexity index is 411. The summed E-state index contributed by atoms with van der Waals surface area (Å²) in [5.41, 5.74) is 7.04. The molecule has 1 heterocycles. The summed E-state index contributed by atoms with van der Waals surface area (Å²) in [6.07, 6.45) is 1.23. The zero-order valence-electron chi connectivity index (χ0n) is 10.7. The van der Waals surface area contributed by atoms with Crippen molar-refractivity contribution in [3.05, 3.63) is 33.3 Å². The summed E-state index contributed by atoms with van der Waals surface area (Å²) in [5.74, 6) is 1.36. The highest BCUT2D eigenvalue weighted by atomic mass is 79.9. The van der Waals surface area contributed by atoms with Crippen LogP contribution < -0.4 is 5.73 Å². The molecule has 1 saturated heterocycles. The van der Waals surface area contributed by atoms with Crippen molar-refractivity contribution in [3.8, 4) is 0 Å². The molecule has 1 fully saturated rings. The average Bonchev–Trinajstić information content (AvgIpc) is 2.35. The minimum absolute atomic E-state index is 0.618. The molecule has 0 aliphatic carbocycles. The van der Waals surface area contributed by atoms with Gasteiger partial charge in [-0.2, -0.15) is 0 Å². The molecule has 1 aromatic carbocycles. The quantitative estimate of drug-likeness (QED) is 0.918. The van der Waals surface area contributed by atoms with Crippen molar-refractivity contribution >= 4 is 27.5 Å². The Morgan fingerprint density at radius 2 is 2.28 bits per heavy atom. The Labute approximate surface area is 123 Å². The van der Waals surface area contributed by atoms with Crippen molar-refractivity contribution in [2.45, 2.75) is 19.9 Å². The van der Waals surface area contributed by atoms with Crippen LogP contribution >= 0.6 is 27.5 Å². The third-order valence-corrected chi connectivity index (χ3v) is 4.76. The predicted octanol–water partition coefficient (Wildman–Crippen LogP) is 3.52. The van der Waals surface area contributed by atoms with Gasteiger partial charge in [0.1, 0.15) is 0 Å². The number of nitrogens with two attached hydrogens (primary N) is 1. The molecule has 2 unspecified atom stereocenters. The van der Waals surface area contributed by atoms with E-state index in [1.54, 1.807) is 0 Å². The highest BCUT2D eigenvalue weighted by Gasteiger charge is 2.25. The number of halogens is 2. The molecule has 4 heteroatoms. The van der Waals surface area contributed by atoms with Gasteiger partial charge in [-0.05, 0) is 49.0 Å². The van der Waals surface area contributed by atoms with Gasteiger partial charge in [0.2, 0.25) is 0 Å². The SMILES string of the molecule is CC1CCN(Cc2ccc(Br)cc2Cl)CC1CN. The number of benzene rings is 1. The Kier molecular flexibility index (Phi) is 5.07. The number of rotatable bonds is 3. The van der Waals surface area contributed by atoms with Crippen LogP contribution in [0.25, 0.3) is 0 Å². The molecule has 2 nitrogen and oxygen atoms in total. The fourth-order valence-electron chi connectivity index (χ4n) is 2.57. The smallest absolute Gasteiger partial charge is 0.0462 e. The van der Waals surface area contributed by atoms with E-state index in [9.17, 15) is 0 Å². The van der Waals surface area contributed by atoms with Crippen LogP contribution in [0.1, 0.15) is 18.9 Å². The summed E-state index contributed by atoms with van der Waals surface area (Å²) < 4.78 is 1.03. The number of piperidine rings is 1. The zero-order valence-corrected chi connectivity index (χ0v) is 13.0. The van der Waals surface area contributed by atoms with E-state index in [2.05, 4.69) is 33.8 Å². The molecule has 100 valence electrons. The molecular weight excluding hydrogens is 312 g/mol. The second kappa shape index (κ2) is 6.38. The van der Waals surface area contributed by atoms with Crippen LogP contribution in [0, 0.1) is 11.8 Å². The van der Waals surface area contributed by atoms with Gasteiger partial charge in [-0.25, -0.2) is 0 Å². The lowest BCUT2D eigenvalue weighted by Crippen LogP contribution is -2.42. The largest absolute Gasteiger partial charge is 0.330 e. The highest BCUT2D eigenvalue weighted by Crippen LogP contribution is 2.26. The maximum Gasteiger partial charge on any atom is 0.0462 e. The first-order valence-corrected chi connectivity index (χ1v) is 7.63. The average molecular weight is 332 g/mol. The molecule has 2 atom stereocenters. The number of hydrogen-bond donors (Lipinski definition) is 1. The van der Waals surface area contributed by atoms with Gasteiger partial charge in [-0.1, -0.05) is 40.5 Å². The van der Waals surface area contributed by atoms with Crippen LogP contribution in [0.15, 0.2) is 22.7 Å². The van der Waals surface area contributed by atoms with Gasteiger partial charge in [-0.15, -0.1) is 0 Å². The van der Waals surface area contributed by atoms with E-state index < -0.39 is 0 Å². The second-order valence-corrected chi connectivity index (χ2v) is 6.56. The van der Waals surface area contributed by atoms with Crippen LogP contribution in [-0.2, 0) is 6.54 Å². The third kappa shape index (κ3) is 3.47. The van der Waals surface area contributed by atoms with Crippen molar-refractivity contribution < 1.29 is 0 Å². The number of hydrogen-bond acceptors (Lipinski definition) is 2. The van der Waals surface area contributed by atoms with Gasteiger partial charge in [-0.3, -0.25) is 4.90 Å². The second-order valence-electron chi connectivity index (χ2n) is 5.23. The molecule has 0 spiro atoms. The molecule has 1 aliphatic heterocycles. The number of nitrogens with zero attached hydrogens (tertiary/aromatic N) is 1. The lowest BCUT2D eigenvalue weighted by atomic mass is 9.87. The molecule has 0 bridgehead atoms. The Morgan fingerprint density at radius 1 is 1.50 bits per heavy atom. The summed E-state index contributed by atoms with van der Waals surface area (Å²) >= 11 is 9.70. The van der Waals surface area contributed by atoms with Crippen molar-refractivity contribution in [1.82, 2.24) is 4.90 Å². The fourth-order valence-corrected chi connectivity index (χ4v) is 3.30. The van der Waals surface area contributed by atoms with Gasteiger partial charge < -0.3 is 5.73 Å². The molecule has 1 aliphatic rings. The summed E-state index contributed by atoms with van der Waals surface area (Å²) in [6, 6.07) is 6.11. The molecule has 0 saturated carbocycles. The molecular formula is C14H20BrClN2. The van der Waals surface area contributed by atoms with E-state index in [4.69, 9.17) is 17.3 Å². The summed E-state index contributed by atoms with van der Waals surface area (Å²) in [5, 5.41) is 0.840. The first kappa shape index (κ1) is 14.3. The van der Waals surface area contributed by atoms with Crippen molar-refractivity contribution in [2.24, 2.45) is 17.6 Å². The number of likely N-dealkylation sites (tertiary alicyclic amines) is 1. The first-order valence-electron chi connectivity index (χ1n) is 6.46. The van der Waals surface area contributed by atoms with Gasteiger partial charge in [0.05, 0.1) is 0 Å². The van der Waals surface area contributed by atoms with Gasteiger partial charge in [0.15, 0.2) is 0 Å². The standard InChI is InChI=1S/C14H20BrClN2/c1-10-4-5-18(9-12(10)7-17)8-11-2-3-13(15)6-14(11)16/h2-3,6,10,12H,4-5,7-9,17H2,1H3. The molecule has 1 aromatic rings. The summed E-state index contributed by atoms with van der Waals surface area (Å²) in [6.45, 7) is 6.25. The molecule has 18 heavy (non-hydrogen) atoms. The Balaban J connectivity index is 2.01. The maximum absolute atomic E-state index is 6.27. The van der Waals surface area contributed by atoms with Gasteiger partial charge >= 0.3 is 0 Å². The normalized spacial score (nSPS) is 25.3. The monoisotopic (exact) mass is 330 g/mol. The van der Waals surface area contributed by atoms with Crippen molar-refractivity contribution in [3.63, 3.8) is 0 Å². The maximum atomic E-state index is 6.27. The van der Waals surface area contributed by atoms with E-state index in [-0.39, 0.29) is 0 Å². The molecule has 2 N–H and O–H groups in total. The first-order chi connectivity index (χ1) is 8.60. The zero-order chi connectivity index (χ0) is 13.1. The van der Waals surface area contributed by atoms with Crippen LogP contribution in [0.4, 0.5) is 0 Å². The van der Waals surface area contributed by atoms with Crippen LogP contribution in [0.3, 0.4) is 0 Å². The molecule has 2 rings (SSSR count). The van der Waals surface area contributed by atoms with Crippen molar-refractivity contribution in [1.29, 1.82) is 0 Å². The lowest BCUT2D eigenvalue weighted by Gasteiger charge is -2.36. The van der Waals surface area contributed by atoms with Crippen molar-refractivity contribution in [2.75, 3.05) is 19.6 Å². The molecule has 0 aromatic heterocycles. The third-order valence-electron chi connectivity index (χ3n) is 3.91. The predicted molar refractivity (Wildman–Crippen MR) is 80.8 cm³/mol. The van der Waals surface area contributed by atoms with E-state index in [1.165, 1.54) is 12.0 Å². The Hall–Kier alpha value is -0.0900. The molecule has 0 radical (unpaired) electrons. The van der Waals surface area contributed by atoms with Crippen LogP contribution in [-0.4, -0.2) is 24.5 Å². The van der Waals surface area contributed by atoms with E-state index in [1.807, 2.05) is 12.1 Å². The van der Waals surface area contributed by atoms with E-state index >= 15 is 0 Å².